The predicted octanol–water partition coefficient (Wildman–Crippen LogP) is 4.93. The third-order valence-electron chi connectivity index (χ3n) is 2.95. The Morgan fingerprint density at radius 2 is 1.63 bits per heavy atom. The van der Waals surface area contributed by atoms with Gasteiger partial charge in [-0.15, -0.1) is 0 Å². The molecule has 0 unspecified atom stereocenters. The Kier molecular flexibility index (Phi) is 9.59. The molecule has 0 aliphatic rings. The van der Waals surface area contributed by atoms with Gasteiger partial charge in [0.25, 0.3) is 0 Å². The van der Waals surface area contributed by atoms with Crippen LogP contribution in [-0.2, 0) is 12.8 Å². The molecule has 0 bridgehead atoms. The van der Waals surface area contributed by atoms with Gasteiger partial charge in [-0.05, 0) is 47.9 Å². The zero-order valence-electron chi connectivity index (χ0n) is 13.8. The van der Waals surface area contributed by atoms with Crippen molar-refractivity contribution < 1.29 is 0 Å². The van der Waals surface area contributed by atoms with E-state index in [9.17, 15) is 0 Å². The summed E-state index contributed by atoms with van der Waals surface area (Å²) < 4.78 is 0. The summed E-state index contributed by atoms with van der Waals surface area (Å²) in [5, 5.41) is 0. The van der Waals surface area contributed by atoms with Crippen LogP contribution in [0, 0.1) is 5.92 Å². The fraction of sp³-hybridized carbons (Fsp3) is 0.667. The summed E-state index contributed by atoms with van der Waals surface area (Å²) >= 11 is 0. The zero-order valence-corrected chi connectivity index (χ0v) is 13.8. The summed E-state index contributed by atoms with van der Waals surface area (Å²) in [7, 11) is 0. The molecule has 0 saturated heterocycles. The Labute approximate surface area is 120 Å². The van der Waals surface area contributed by atoms with Crippen molar-refractivity contribution >= 4 is 0 Å². The Bertz CT molecular complexity index is 340. The van der Waals surface area contributed by atoms with Gasteiger partial charge in [0.2, 0.25) is 0 Å². The van der Waals surface area contributed by atoms with E-state index >= 15 is 0 Å². The molecule has 0 aliphatic carbocycles. The Hall–Kier alpha value is -0.820. The van der Waals surface area contributed by atoms with Crippen LogP contribution in [0.1, 0.15) is 70.6 Å². The van der Waals surface area contributed by atoms with Crippen molar-refractivity contribution in [3.8, 4) is 0 Å². The highest BCUT2D eigenvalue weighted by atomic mass is 14.5. The zero-order chi connectivity index (χ0) is 14.8. The van der Waals surface area contributed by atoms with Crippen LogP contribution >= 0.6 is 0 Å². The second-order valence-corrected chi connectivity index (χ2v) is 5.98. The highest BCUT2D eigenvalue weighted by Gasteiger charge is 2.11. The van der Waals surface area contributed by atoms with E-state index in [1.807, 2.05) is 0 Å². The first-order valence-electron chi connectivity index (χ1n) is 7.78. The SMILES string of the molecule is CC(C)Cc1cccc(C(C)C)c1CCN.CCC. The van der Waals surface area contributed by atoms with Crippen molar-refractivity contribution in [1.29, 1.82) is 0 Å². The summed E-state index contributed by atoms with van der Waals surface area (Å²) in [4.78, 5) is 0. The van der Waals surface area contributed by atoms with Gasteiger partial charge in [0.05, 0.1) is 0 Å². The molecule has 0 aromatic heterocycles. The first-order valence-corrected chi connectivity index (χ1v) is 7.78. The van der Waals surface area contributed by atoms with Gasteiger partial charge in [0.15, 0.2) is 0 Å². The normalized spacial score (nSPS) is 10.6. The average Bonchev–Trinajstić information content (AvgIpc) is 2.31. The van der Waals surface area contributed by atoms with E-state index < -0.39 is 0 Å². The van der Waals surface area contributed by atoms with Crippen molar-refractivity contribution in [3.63, 3.8) is 0 Å². The molecule has 1 aromatic carbocycles. The van der Waals surface area contributed by atoms with Crippen LogP contribution in [0.2, 0.25) is 0 Å². The van der Waals surface area contributed by atoms with Crippen LogP contribution in [-0.4, -0.2) is 6.54 Å². The molecule has 1 rings (SSSR count). The molecule has 110 valence electrons. The second-order valence-electron chi connectivity index (χ2n) is 5.98. The van der Waals surface area contributed by atoms with E-state index in [1.165, 1.54) is 23.1 Å². The van der Waals surface area contributed by atoms with Crippen molar-refractivity contribution in [3.05, 3.63) is 34.9 Å². The Morgan fingerprint density at radius 3 is 2.05 bits per heavy atom. The molecule has 0 atom stereocenters. The topological polar surface area (TPSA) is 26.0 Å². The van der Waals surface area contributed by atoms with Gasteiger partial charge >= 0.3 is 0 Å². The number of hydrogen-bond acceptors (Lipinski definition) is 1. The lowest BCUT2D eigenvalue weighted by atomic mass is 9.88. The third kappa shape index (κ3) is 6.77. The fourth-order valence-corrected chi connectivity index (χ4v) is 2.28. The molecule has 0 fully saturated rings. The predicted molar refractivity (Wildman–Crippen MR) is 87.8 cm³/mol. The van der Waals surface area contributed by atoms with E-state index in [0.717, 1.165) is 19.4 Å². The minimum atomic E-state index is 0.591. The van der Waals surface area contributed by atoms with Crippen LogP contribution in [0.25, 0.3) is 0 Å². The summed E-state index contributed by atoms with van der Waals surface area (Å²) in [6.07, 6.45) is 3.42. The fourth-order valence-electron chi connectivity index (χ4n) is 2.28. The Morgan fingerprint density at radius 1 is 1.05 bits per heavy atom. The third-order valence-corrected chi connectivity index (χ3v) is 2.95. The molecular weight excluding hydrogens is 230 g/mol. The van der Waals surface area contributed by atoms with Crippen LogP contribution in [0.15, 0.2) is 18.2 Å². The van der Waals surface area contributed by atoms with Gasteiger partial charge in [0.1, 0.15) is 0 Å². The first kappa shape index (κ1) is 18.2. The van der Waals surface area contributed by atoms with E-state index in [1.54, 1.807) is 0 Å². The lowest BCUT2D eigenvalue weighted by Gasteiger charge is -2.18. The van der Waals surface area contributed by atoms with Gasteiger partial charge in [-0.2, -0.15) is 0 Å². The minimum absolute atomic E-state index is 0.591. The van der Waals surface area contributed by atoms with E-state index in [4.69, 9.17) is 5.73 Å². The molecule has 0 amide bonds. The first-order chi connectivity index (χ1) is 8.97. The molecule has 0 radical (unpaired) electrons. The van der Waals surface area contributed by atoms with Crippen LogP contribution in [0.3, 0.4) is 0 Å². The smallest absolute Gasteiger partial charge is 0.00365 e. The molecule has 1 heteroatoms. The second kappa shape index (κ2) is 10.0. The average molecular weight is 263 g/mol. The summed E-state index contributed by atoms with van der Waals surface area (Å²) in [5.41, 5.74) is 10.2. The number of rotatable bonds is 5. The van der Waals surface area contributed by atoms with Gasteiger partial charge in [-0.25, -0.2) is 0 Å². The highest BCUT2D eigenvalue weighted by molar-refractivity contribution is 5.37. The molecule has 1 aromatic rings. The molecule has 19 heavy (non-hydrogen) atoms. The van der Waals surface area contributed by atoms with Crippen molar-refractivity contribution in [2.24, 2.45) is 11.7 Å². The van der Waals surface area contributed by atoms with E-state index in [-0.39, 0.29) is 0 Å². The van der Waals surface area contributed by atoms with Crippen molar-refractivity contribution in [1.82, 2.24) is 0 Å². The standard InChI is InChI=1S/C15H25N.C3H8/c1-11(2)10-13-6-5-7-14(12(3)4)15(13)8-9-16;1-3-2/h5-7,11-12H,8-10,16H2,1-4H3;3H2,1-2H3. The van der Waals surface area contributed by atoms with E-state index in [0.29, 0.717) is 11.8 Å². The van der Waals surface area contributed by atoms with Crippen molar-refractivity contribution in [2.75, 3.05) is 6.54 Å². The molecule has 0 aliphatic heterocycles. The highest BCUT2D eigenvalue weighted by Crippen LogP contribution is 2.24. The van der Waals surface area contributed by atoms with E-state index in [2.05, 4.69) is 59.7 Å². The molecule has 0 saturated carbocycles. The van der Waals surface area contributed by atoms with Gasteiger partial charge < -0.3 is 5.73 Å². The largest absolute Gasteiger partial charge is 0.330 e. The number of nitrogens with two attached hydrogens (primary N) is 1. The maximum Gasteiger partial charge on any atom is -0.00365 e. The quantitative estimate of drug-likeness (QED) is 0.801. The van der Waals surface area contributed by atoms with Crippen LogP contribution in [0.4, 0.5) is 0 Å². The monoisotopic (exact) mass is 263 g/mol. The molecule has 0 heterocycles. The van der Waals surface area contributed by atoms with Gasteiger partial charge in [-0.1, -0.05) is 66.2 Å². The number of hydrogen-bond donors (Lipinski definition) is 1. The molecule has 1 nitrogen and oxygen atoms in total. The maximum absolute atomic E-state index is 5.73. The van der Waals surface area contributed by atoms with Crippen LogP contribution < -0.4 is 5.73 Å². The summed E-state index contributed by atoms with van der Waals surface area (Å²) in [6, 6.07) is 6.70. The maximum atomic E-state index is 5.73. The van der Waals surface area contributed by atoms with Gasteiger partial charge in [-0.3, -0.25) is 0 Å². The minimum Gasteiger partial charge on any atom is -0.330 e. The Balaban J connectivity index is 0.000000982. The van der Waals surface area contributed by atoms with Crippen LogP contribution in [0.5, 0.6) is 0 Å². The summed E-state index contributed by atoms with van der Waals surface area (Å²) in [5.74, 6) is 1.30. The lowest BCUT2D eigenvalue weighted by Crippen LogP contribution is -2.10. The molecular formula is C18H33N. The van der Waals surface area contributed by atoms with Gasteiger partial charge in [0, 0.05) is 0 Å². The molecule has 2 N–H and O–H groups in total. The summed E-state index contributed by atoms with van der Waals surface area (Å²) in [6.45, 7) is 14.1. The molecule has 0 spiro atoms. The lowest BCUT2D eigenvalue weighted by molar-refractivity contribution is 0.640. The number of benzene rings is 1. The van der Waals surface area contributed by atoms with Crippen molar-refractivity contribution in [2.45, 2.75) is 66.7 Å².